The number of nitrogens with zero attached hydrogens (tertiary/aromatic N) is 2. The summed E-state index contributed by atoms with van der Waals surface area (Å²) in [6.45, 7) is 2.51. The number of quaternary nitrogens is 1. The number of pyridine rings is 1. The Labute approximate surface area is 167 Å². The highest BCUT2D eigenvalue weighted by Gasteiger charge is 2.15. The standard InChI is InChI=1S/C20H21ClN4O3/c1-13-5-4-6-18-22-15(10-20(27)25(13)18)11-24(2)12-19(26)23-16-9-14(21)7-8-17(16)28-3/h4-10H,11-12H2,1-3H3,(H,23,26)/p+1. The molecular weight excluding hydrogens is 380 g/mol. The van der Waals surface area contributed by atoms with Crippen molar-refractivity contribution < 1.29 is 14.4 Å². The van der Waals surface area contributed by atoms with E-state index in [0.29, 0.717) is 34.3 Å². The summed E-state index contributed by atoms with van der Waals surface area (Å²) in [5.41, 5.74) is 2.46. The van der Waals surface area contributed by atoms with E-state index in [2.05, 4.69) is 10.3 Å². The van der Waals surface area contributed by atoms with Crippen LogP contribution in [0.2, 0.25) is 5.02 Å². The predicted octanol–water partition coefficient (Wildman–Crippen LogP) is 1.32. The number of nitrogens with one attached hydrogen (secondary N) is 2. The second-order valence-corrected chi connectivity index (χ2v) is 7.09. The van der Waals surface area contributed by atoms with Crippen LogP contribution in [-0.2, 0) is 11.3 Å². The first-order chi connectivity index (χ1) is 13.4. The number of carbonyl (C=O) groups excluding carboxylic acids is 1. The van der Waals surface area contributed by atoms with Gasteiger partial charge in [-0.2, -0.15) is 0 Å². The molecule has 28 heavy (non-hydrogen) atoms. The van der Waals surface area contributed by atoms with E-state index in [4.69, 9.17) is 16.3 Å². The first kappa shape index (κ1) is 19.9. The van der Waals surface area contributed by atoms with Gasteiger partial charge in [-0.05, 0) is 37.3 Å². The molecule has 146 valence electrons. The molecule has 0 spiro atoms. The number of anilines is 1. The maximum absolute atomic E-state index is 12.4. The molecule has 3 aromatic rings. The fourth-order valence-corrected chi connectivity index (χ4v) is 3.24. The Kier molecular flexibility index (Phi) is 5.96. The number of ether oxygens (including phenoxy) is 1. The maximum Gasteiger partial charge on any atom is 0.279 e. The molecule has 0 saturated heterocycles. The fourth-order valence-electron chi connectivity index (χ4n) is 3.07. The summed E-state index contributed by atoms with van der Waals surface area (Å²) < 4.78 is 6.80. The molecule has 1 aromatic carbocycles. The lowest BCUT2D eigenvalue weighted by Gasteiger charge is -2.15. The molecule has 2 aromatic heterocycles. The maximum atomic E-state index is 12.4. The monoisotopic (exact) mass is 401 g/mol. The number of likely N-dealkylation sites (N-methyl/N-ethyl adjacent to an activating group) is 1. The van der Waals surface area contributed by atoms with Crippen LogP contribution in [0.25, 0.3) is 5.65 Å². The normalized spacial score (nSPS) is 12.0. The van der Waals surface area contributed by atoms with Crippen molar-refractivity contribution in [1.82, 2.24) is 9.38 Å². The highest BCUT2D eigenvalue weighted by molar-refractivity contribution is 6.31. The minimum Gasteiger partial charge on any atom is -0.495 e. The summed E-state index contributed by atoms with van der Waals surface area (Å²) in [4.78, 5) is 30.2. The first-order valence-electron chi connectivity index (χ1n) is 8.80. The van der Waals surface area contributed by atoms with E-state index in [1.807, 2.05) is 26.1 Å². The number of rotatable bonds is 6. The van der Waals surface area contributed by atoms with Gasteiger partial charge in [0.2, 0.25) is 0 Å². The van der Waals surface area contributed by atoms with Gasteiger partial charge in [-0.3, -0.25) is 14.0 Å². The predicted molar refractivity (Wildman–Crippen MR) is 108 cm³/mol. The summed E-state index contributed by atoms with van der Waals surface area (Å²) in [5, 5.41) is 3.32. The third kappa shape index (κ3) is 4.49. The molecule has 0 saturated carbocycles. The van der Waals surface area contributed by atoms with Crippen LogP contribution in [-0.4, -0.2) is 36.0 Å². The number of hydrogen-bond acceptors (Lipinski definition) is 4. The SMILES string of the molecule is COc1ccc(Cl)cc1NC(=O)C[NH+](C)Cc1cc(=O)n2c(C)cccc2n1. The Morgan fingerprint density at radius 3 is 2.82 bits per heavy atom. The van der Waals surface area contributed by atoms with E-state index >= 15 is 0 Å². The van der Waals surface area contributed by atoms with E-state index in [0.717, 1.165) is 10.6 Å². The summed E-state index contributed by atoms with van der Waals surface area (Å²) in [6, 6.07) is 12.1. The number of fused-ring (bicyclic) bond motifs is 1. The number of hydrogen-bond donors (Lipinski definition) is 2. The molecular formula is C20H22ClN4O3+. The Bertz CT molecular complexity index is 1080. The van der Waals surface area contributed by atoms with Crippen LogP contribution >= 0.6 is 11.6 Å². The fraction of sp³-hybridized carbons (Fsp3) is 0.250. The highest BCUT2D eigenvalue weighted by atomic mass is 35.5. The van der Waals surface area contributed by atoms with Crippen LogP contribution in [0.1, 0.15) is 11.4 Å². The van der Waals surface area contributed by atoms with Gasteiger partial charge in [-0.1, -0.05) is 17.7 Å². The number of halogens is 1. The minimum absolute atomic E-state index is 0.126. The van der Waals surface area contributed by atoms with Crippen molar-refractivity contribution in [1.29, 1.82) is 0 Å². The van der Waals surface area contributed by atoms with Crippen LogP contribution in [0.15, 0.2) is 47.3 Å². The Hall–Kier alpha value is -2.90. The second kappa shape index (κ2) is 8.41. The molecule has 0 bridgehead atoms. The van der Waals surface area contributed by atoms with Crippen LogP contribution < -0.4 is 20.5 Å². The molecule has 7 nitrogen and oxygen atoms in total. The van der Waals surface area contributed by atoms with Gasteiger partial charge in [0.05, 0.1) is 19.8 Å². The van der Waals surface area contributed by atoms with Gasteiger partial charge in [-0.25, -0.2) is 4.98 Å². The Balaban J connectivity index is 1.70. The molecule has 0 aliphatic rings. The number of aryl methyl sites for hydroxylation is 1. The van der Waals surface area contributed by atoms with Crippen molar-refractivity contribution in [3.63, 3.8) is 0 Å². The van der Waals surface area contributed by atoms with Crippen LogP contribution in [0.4, 0.5) is 5.69 Å². The topological polar surface area (TPSA) is 77.1 Å². The number of carbonyl (C=O) groups is 1. The highest BCUT2D eigenvalue weighted by Crippen LogP contribution is 2.27. The molecule has 0 fully saturated rings. The number of benzene rings is 1. The average molecular weight is 402 g/mol. The summed E-state index contributed by atoms with van der Waals surface area (Å²) in [6.07, 6.45) is 0. The van der Waals surface area contributed by atoms with Crippen LogP contribution in [0.3, 0.4) is 0 Å². The van der Waals surface area contributed by atoms with E-state index in [1.54, 1.807) is 28.7 Å². The summed E-state index contributed by atoms with van der Waals surface area (Å²) >= 11 is 5.99. The number of methoxy groups -OCH3 is 1. The zero-order valence-corrected chi connectivity index (χ0v) is 16.7. The van der Waals surface area contributed by atoms with E-state index in [-0.39, 0.29) is 18.0 Å². The van der Waals surface area contributed by atoms with Gasteiger partial charge in [-0.15, -0.1) is 0 Å². The van der Waals surface area contributed by atoms with Gasteiger partial charge >= 0.3 is 0 Å². The third-order valence-corrected chi connectivity index (χ3v) is 4.55. The molecule has 8 heteroatoms. The Morgan fingerprint density at radius 2 is 2.07 bits per heavy atom. The number of aromatic nitrogens is 2. The molecule has 0 radical (unpaired) electrons. The van der Waals surface area contributed by atoms with E-state index in [9.17, 15) is 9.59 Å². The van der Waals surface area contributed by atoms with Crippen molar-refractivity contribution in [2.24, 2.45) is 0 Å². The molecule has 2 N–H and O–H groups in total. The third-order valence-electron chi connectivity index (χ3n) is 4.31. The van der Waals surface area contributed by atoms with Crippen LogP contribution in [0, 0.1) is 6.92 Å². The van der Waals surface area contributed by atoms with Crippen LogP contribution in [0.5, 0.6) is 5.75 Å². The second-order valence-electron chi connectivity index (χ2n) is 6.65. The van der Waals surface area contributed by atoms with Gasteiger partial charge in [0.15, 0.2) is 6.54 Å². The molecule has 1 unspecified atom stereocenters. The Morgan fingerprint density at radius 1 is 1.29 bits per heavy atom. The molecule has 3 rings (SSSR count). The molecule has 0 aliphatic heterocycles. The lowest BCUT2D eigenvalue weighted by molar-refractivity contribution is -0.885. The molecule has 2 heterocycles. The largest absolute Gasteiger partial charge is 0.495 e. The zero-order chi connectivity index (χ0) is 20.3. The van der Waals surface area contributed by atoms with Crippen molar-refractivity contribution in [2.45, 2.75) is 13.5 Å². The molecule has 1 amide bonds. The lowest BCUT2D eigenvalue weighted by atomic mass is 10.3. The minimum atomic E-state index is -0.188. The van der Waals surface area contributed by atoms with Crippen molar-refractivity contribution in [2.75, 3.05) is 26.0 Å². The van der Waals surface area contributed by atoms with Gasteiger partial charge in [0, 0.05) is 16.8 Å². The van der Waals surface area contributed by atoms with Gasteiger partial charge in [0.25, 0.3) is 11.5 Å². The zero-order valence-electron chi connectivity index (χ0n) is 16.0. The summed E-state index contributed by atoms with van der Waals surface area (Å²) in [5.74, 6) is 0.349. The lowest BCUT2D eigenvalue weighted by Crippen LogP contribution is -3.08. The quantitative estimate of drug-likeness (QED) is 0.653. The van der Waals surface area contributed by atoms with E-state index in [1.165, 1.54) is 13.2 Å². The van der Waals surface area contributed by atoms with Crippen molar-refractivity contribution in [3.8, 4) is 5.75 Å². The molecule has 1 atom stereocenters. The average Bonchev–Trinajstić information content (AvgIpc) is 2.61. The smallest absolute Gasteiger partial charge is 0.279 e. The van der Waals surface area contributed by atoms with Crippen molar-refractivity contribution in [3.05, 3.63) is 69.2 Å². The summed E-state index contributed by atoms with van der Waals surface area (Å²) in [7, 11) is 3.40. The molecule has 0 aliphatic carbocycles. The van der Waals surface area contributed by atoms with Gasteiger partial charge in [0.1, 0.15) is 23.6 Å². The van der Waals surface area contributed by atoms with E-state index < -0.39 is 0 Å². The van der Waals surface area contributed by atoms with Crippen molar-refractivity contribution >= 4 is 28.8 Å². The van der Waals surface area contributed by atoms with Gasteiger partial charge < -0.3 is 15.0 Å². The number of amides is 1. The first-order valence-corrected chi connectivity index (χ1v) is 9.18.